The number of halogens is 1. The first kappa shape index (κ1) is 15.8. The van der Waals surface area contributed by atoms with E-state index in [9.17, 15) is 4.79 Å². The van der Waals surface area contributed by atoms with Gasteiger partial charge in [-0.3, -0.25) is 4.79 Å². The summed E-state index contributed by atoms with van der Waals surface area (Å²) in [5.41, 5.74) is 0.895. The highest BCUT2D eigenvalue weighted by Gasteiger charge is 2.17. The van der Waals surface area contributed by atoms with Crippen molar-refractivity contribution in [2.75, 3.05) is 7.11 Å². The van der Waals surface area contributed by atoms with Crippen LogP contribution in [0.4, 0.5) is 0 Å². The third kappa shape index (κ3) is 4.42. The Morgan fingerprint density at radius 2 is 1.95 bits per heavy atom. The zero-order valence-electron chi connectivity index (χ0n) is 11.6. The summed E-state index contributed by atoms with van der Waals surface area (Å²) in [7, 11) is 1.58. The molecule has 19 heavy (non-hydrogen) atoms. The second kappa shape index (κ2) is 6.80. The SMILES string of the molecule is COc1cc(Br)c(CC(C)C(=O)O)cc1OC(C)C. The number of ether oxygens (including phenoxy) is 2. The van der Waals surface area contributed by atoms with Gasteiger partial charge in [-0.1, -0.05) is 22.9 Å². The lowest BCUT2D eigenvalue weighted by atomic mass is 10.0. The molecule has 0 aliphatic carbocycles. The molecule has 0 heterocycles. The van der Waals surface area contributed by atoms with E-state index in [1.54, 1.807) is 14.0 Å². The maximum Gasteiger partial charge on any atom is 0.306 e. The van der Waals surface area contributed by atoms with E-state index in [0.717, 1.165) is 10.0 Å². The Morgan fingerprint density at radius 1 is 1.32 bits per heavy atom. The second-order valence-electron chi connectivity index (χ2n) is 4.70. The van der Waals surface area contributed by atoms with Gasteiger partial charge < -0.3 is 14.6 Å². The zero-order valence-corrected chi connectivity index (χ0v) is 13.2. The van der Waals surface area contributed by atoms with Gasteiger partial charge in [0.1, 0.15) is 0 Å². The highest BCUT2D eigenvalue weighted by molar-refractivity contribution is 9.10. The molecule has 0 amide bonds. The monoisotopic (exact) mass is 330 g/mol. The highest BCUT2D eigenvalue weighted by Crippen LogP contribution is 2.35. The number of hydrogen-bond donors (Lipinski definition) is 1. The van der Waals surface area contributed by atoms with Crippen molar-refractivity contribution in [2.45, 2.75) is 33.3 Å². The van der Waals surface area contributed by atoms with Crippen LogP contribution in [0.15, 0.2) is 16.6 Å². The summed E-state index contributed by atoms with van der Waals surface area (Å²) in [4.78, 5) is 10.9. The number of carboxylic acid groups (broad SMARTS) is 1. The van der Waals surface area contributed by atoms with Gasteiger partial charge in [0, 0.05) is 4.47 Å². The van der Waals surface area contributed by atoms with Crippen LogP contribution in [0, 0.1) is 5.92 Å². The van der Waals surface area contributed by atoms with Gasteiger partial charge in [-0.15, -0.1) is 0 Å². The number of aliphatic carboxylic acids is 1. The van der Waals surface area contributed by atoms with Gasteiger partial charge in [-0.2, -0.15) is 0 Å². The van der Waals surface area contributed by atoms with Gasteiger partial charge in [0.25, 0.3) is 0 Å². The highest BCUT2D eigenvalue weighted by atomic mass is 79.9. The molecule has 0 aromatic heterocycles. The molecule has 0 aliphatic heterocycles. The quantitative estimate of drug-likeness (QED) is 0.867. The molecule has 106 valence electrons. The number of rotatable bonds is 6. The summed E-state index contributed by atoms with van der Waals surface area (Å²) >= 11 is 3.44. The van der Waals surface area contributed by atoms with E-state index in [4.69, 9.17) is 14.6 Å². The first-order chi connectivity index (χ1) is 8.85. The molecule has 1 aromatic rings. The van der Waals surface area contributed by atoms with Gasteiger partial charge in [0.05, 0.1) is 19.1 Å². The van der Waals surface area contributed by atoms with E-state index in [1.807, 2.05) is 26.0 Å². The van der Waals surface area contributed by atoms with Crippen LogP contribution in [0.1, 0.15) is 26.3 Å². The minimum absolute atomic E-state index is 0.0276. The van der Waals surface area contributed by atoms with Crippen molar-refractivity contribution < 1.29 is 19.4 Å². The minimum atomic E-state index is -0.811. The molecule has 1 rings (SSSR count). The molecule has 1 N–H and O–H groups in total. The third-order valence-electron chi connectivity index (χ3n) is 2.64. The lowest BCUT2D eigenvalue weighted by Crippen LogP contribution is -2.13. The zero-order chi connectivity index (χ0) is 14.6. The van der Waals surface area contributed by atoms with E-state index in [-0.39, 0.29) is 6.10 Å². The van der Waals surface area contributed by atoms with Crippen LogP contribution < -0.4 is 9.47 Å². The van der Waals surface area contributed by atoms with Crippen LogP contribution in [0.2, 0.25) is 0 Å². The third-order valence-corrected chi connectivity index (χ3v) is 3.38. The summed E-state index contributed by atoms with van der Waals surface area (Å²) in [6.45, 7) is 5.55. The average Bonchev–Trinajstić information content (AvgIpc) is 2.31. The predicted octanol–water partition coefficient (Wildman–Crippen LogP) is 3.51. The number of hydrogen-bond acceptors (Lipinski definition) is 3. The number of benzene rings is 1. The van der Waals surface area contributed by atoms with Crippen molar-refractivity contribution in [3.63, 3.8) is 0 Å². The van der Waals surface area contributed by atoms with Crippen molar-refractivity contribution in [1.82, 2.24) is 0 Å². The molecule has 0 fully saturated rings. The van der Waals surface area contributed by atoms with E-state index in [1.165, 1.54) is 0 Å². The van der Waals surface area contributed by atoms with E-state index in [0.29, 0.717) is 17.9 Å². The van der Waals surface area contributed by atoms with E-state index < -0.39 is 11.9 Å². The van der Waals surface area contributed by atoms with E-state index >= 15 is 0 Å². The molecule has 0 saturated heterocycles. The summed E-state index contributed by atoms with van der Waals surface area (Å²) < 4.78 is 11.8. The largest absolute Gasteiger partial charge is 0.493 e. The molecule has 4 nitrogen and oxygen atoms in total. The first-order valence-corrected chi connectivity index (χ1v) is 6.90. The Bertz CT molecular complexity index is 457. The smallest absolute Gasteiger partial charge is 0.306 e. The maximum atomic E-state index is 10.9. The fourth-order valence-corrected chi connectivity index (χ4v) is 2.14. The van der Waals surface area contributed by atoms with Crippen LogP contribution in [-0.2, 0) is 11.2 Å². The van der Waals surface area contributed by atoms with Gasteiger partial charge in [-0.25, -0.2) is 0 Å². The van der Waals surface area contributed by atoms with Gasteiger partial charge in [0.15, 0.2) is 11.5 Å². The predicted molar refractivity (Wildman–Crippen MR) is 77.0 cm³/mol. The molecule has 1 unspecified atom stereocenters. The van der Waals surface area contributed by atoms with Crippen LogP contribution in [0.25, 0.3) is 0 Å². The van der Waals surface area contributed by atoms with Gasteiger partial charge >= 0.3 is 5.97 Å². The standard InChI is InChI=1S/C14H19BrO4/c1-8(2)19-13-6-10(5-9(3)14(16)17)11(15)7-12(13)18-4/h6-9H,5H2,1-4H3,(H,16,17). The Balaban J connectivity index is 3.08. The summed E-state index contributed by atoms with van der Waals surface area (Å²) in [6.07, 6.45) is 0.466. The lowest BCUT2D eigenvalue weighted by Gasteiger charge is -2.17. The number of carboxylic acids is 1. The fraction of sp³-hybridized carbons (Fsp3) is 0.500. The molecule has 0 bridgehead atoms. The summed E-state index contributed by atoms with van der Waals surface area (Å²) in [5, 5.41) is 8.98. The van der Waals surface area contributed by atoms with Crippen LogP contribution in [0.3, 0.4) is 0 Å². The summed E-state index contributed by atoms with van der Waals surface area (Å²) in [6, 6.07) is 3.64. The Kier molecular flexibility index (Phi) is 5.66. The Hall–Kier alpha value is -1.23. The molecule has 1 atom stereocenters. The van der Waals surface area contributed by atoms with Crippen LogP contribution in [-0.4, -0.2) is 24.3 Å². The number of carbonyl (C=O) groups is 1. The van der Waals surface area contributed by atoms with Gasteiger partial charge in [0.2, 0.25) is 0 Å². The normalized spacial score (nSPS) is 12.3. The number of methoxy groups -OCH3 is 1. The van der Waals surface area contributed by atoms with Crippen molar-refractivity contribution in [2.24, 2.45) is 5.92 Å². The van der Waals surface area contributed by atoms with Crippen LogP contribution in [0.5, 0.6) is 11.5 Å². The topological polar surface area (TPSA) is 55.8 Å². The van der Waals surface area contributed by atoms with Crippen LogP contribution >= 0.6 is 15.9 Å². The van der Waals surface area contributed by atoms with E-state index in [2.05, 4.69) is 15.9 Å². The first-order valence-electron chi connectivity index (χ1n) is 6.11. The molecule has 0 aliphatic rings. The van der Waals surface area contributed by atoms with Crippen molar-refractivity contribution in [3.8, 4) is 11.5 Å². The second-order valence-corrected chi connectivity index (χ2v) is 5.56. The minimum Gasteiger partial charge on any atom is -0.493 e. The molecular formula is C14H19BrO4. The summed E-state index contributed by atoms with van der Waals surface area (Å²) in [5.74, 6) is 0.00577. The molecule has 0 spiro atoms. The molecule has 0 saturated carbocycles. The molecule has 0 radical (unpaired) electrons. The Morgan fingerprint density at radius 3 is 2.42 bits per heavy atom. The lowest BCUT2D eigenvalue weighted by molar-refractivity contribution is -0.141. The fourth-order valence-electron chi connectivity index (χ4n) is 1.66. The van der Waals surface area contributed by atoms with Crippen molar-refractivity contribution in [1.29, 1.82) is 0 Å². The van der Waals surface area contributed by atoms with Crippen molar-refractivity contribution in [3.05, 3.63) is 22.2 Å². The molecule has 1 aromatic carbocycles. The molecule has 5 heteroatoms. The van der Waals surface area contributed by atoms with Gasteiger partial charge in [-0.05, 0) is 38.0 Å². The Labute approximate surface area is 121 Å². The van der Waals surface area contributed by atoms with Crippen molar-refractivity contribution >= 4 is 21.9 Å². The molecular weight excluding hydrogens is 312 g/mol. The maximum absolute atomic E-state index is 10.9. The average molecular weight is 331 g/mol.